The molecule has 0 saturated carbocycles. The van der Waals surface area contributed by atoms with E-state index in [1.807, 2.05) is 0 Å². The number of hydrogen-bond donors (Lipinski definition) is 1. The molecule has 3 amide bonds. The first-order valence-electron chi connectivity index (χ1n) is 8.92. The van der Waals surface area contributed by atoms with Crippen LogP contribution in [0.1, 0.15) is 59.7 Å². The molecule has 0 spiro atoms. The zero-order valence-electron chi connectivity index (χ0n) is 15.0. The predicted molar refractivity (Wildman–Crippen MR) is 94.5 cm³/mol. The molecule has 1 aliphatic heterocycles. The zero-order valence-corrected chi connectivity index (χ0v) is 15.0. The van der Waals surface area contributed by atoms with Gasteiger partial charge in [0.2, 0.25) is 0 Å². The van der Waals surface area contributed by atoms with Gasteiger partial charge in [-0.2, -0.15) is 0 Å². The molecule has 0 radical (unpaired) electrons. The molecular weight excluding hydrogens is 336 g/mol. The second kappa shape index (κ2) is 9.70. The highest BCUT2D eigenvalue weighted by Gasteiger charge is 2.35. The van der Waals surface area contributed by atoms with Crippen molar-refractivity contribution in [1.82, 2.24) is 10.2 Å². The van der Waals surface area contributed by atoms with Crippen LogP contribution in [0.4, 0.5) is 0 Å². The molecule has 1 N–H and O–H groups in total. The molecule has 0 atom stereocenters. The van der Waals surface area contributed by atoms with Gasteiger partial charge in [-0.25, -0.2) is 0 Å². The van der Waals surface area contributed by atoms with Crippen LogP contribution in [0.5, 0.6) is 0 Å². The van der Waals surface area contributed by atoms with Crippen molar-refractivity contribution in [3.05, 3.63) is 35.4 Å². The Morgan fingerprint density at radius 1 is 1.04 bits per heavy atom. The van der Waals surface area contributed by atoms with Gasteiger partial charge >= 0.3 is 5.97 Å². The highest BCUT2D eigenvalue weighted by atomic mass is 16.5. The summed E-state index contributed by atoms with van der Waals surface area (Å²) < 4.78 is 4.89. The Morgan fingerprint density at radius 3 is 2.31 bits per heavy atom. The summed E-state index contributed by atoms with van der Waals surface area (Å²) in [4.78, 5) is 48.7. The maximum Gasteiger partial charge on any atom is 0.308 e. The van der Waals surface area contributed by atoms with Crippen molar-refractivity contribution in [2.75, 3.05) is 19.7 Å². The summed E-state index contributed by atoms with van der Waals surface area (Å²) in [6.07, 6.45) is 4.06. The fraction of sp³-hybridized carbons (Fsp3) is 0.474. The number of unbranched alkanes of at least 4 members (excludes halogenated alkanes) is 3. The fourth-order valence-corrected chi connectivity index (χ4v) is 2.69. The first-order chi connectivity index (χ1) is 12.5. The van der Waals surface area contributed by atoms with Crippen LogP contribution >= 0.6 is 0 Å². The van der Waals surface area contributed by atoms with E-state index in [4.69, 9.17) is 4.74 Å². The SMILES string of the molecule is CCCCCCNC(=O)COC(=O)CCN1C(=O)c2ccccc2C1=O. The number of esters is 1. The highest BCUT2D eigenvalue weighted by molar-refractivity contribution is 6.21. The first kappa shape index (κ1) is 19.6. The van der Waals surface area contributed by atoms with Crippen LogP contribution in [0, 0.1) is 0 Å². The van der Waals surface area contributed by atoms with Crippen molar-refractivity contribution >= 4 is 23.7 Å². The number of amides is 3. The third-order valence-electron chi connectivity index (χ3n) is 4.13. The Balaban J connectivity index is 1.67. The lowest BCUT2D eigenvalue weighted by Gasteiger charge is -2.13. The number of benzene rings is 1. The van der Waals surface area contributed by atoms with Gasteiger partial charge in [0.25, 0.3) is 17.7 Å². The second-order valence-corrected chi connectivity index (χ2v) is 6.13. The van der Waals surface area contributed by atoms with E-state index in [0.717, 1.165) is 30.6 Å². The van der Waals surface area contributed by atoms with Gasteiger partial charge < -0.3 is 10.1 Å². The molecule has 0 aliphatic carbocycles. The lowest BCUT2D eigenvalue weighted by Crippen LogP contribution is -2.33. The van der Waals surface area contributed by atoms with Gasteiger partial charge in [-0.05, 0) is 18.6 Å². The highest BCUT2D eigenvalue weighted by Crippen LogP contribution is 2.22. The topological polar surface area (TPSA) is 92.8 Å². The third-order valence-corrected chi connectivity index (χ3v) is 4.13. The molecule has 0 bridgehead atoms. The minimum Gasteiger partial charge on any atom is -0.456 e. The molecule has 1 aromatic carbocycles. The van der Waals surface area contributed by atoms with Crippen LogP contribution in [-0.4, -0.2) is 48.3 Å². The number of nitrogens with zero attached hydrogens (tertiary/aromatic N) is 1. The summed E-state index contributed by atoms with van der Waals surface area (Å²) >= 11 is 0. The summed E-state index contributed by atoms with van der Waals surface area (Å²) in [5, 5.41) is 2.69. The predicted octanol–water partition coefficient (Wildman–Crippen LogP) is 1.91. The van der Waals surface area contributed by atoms with Crippen LogP contribution in [0.3, 0.4) is 0 Å². The van der Waals surface area contributed by atoms with Crippen molar-refractivity contribution in [2.45, 2.75) is 39.0 Å². The second-order valence-electron chi connectivity index (χ2n) is 6.13. The molecule has 1 aliphatic rings. The van der Waals surface area contributed by atoms with Gasteiger partial charge in [-0.3, -0.25) is 24.1 Å². The van der Waals surface area contributed by atoms with Gasteiger partial charge in [-0.15, -0.1) is 0 Å². The number of carbonyl (C=O) groups excluding carboxylic acids is 4. The van der Waals surface area contributed by atoms with Crippen molar-refractivity contribution in [3.8, 4) is 0 Å². The Kier molecular flexibility index (Phi) is 7.32. The Hall–Kier alpha value is -2.70. The lowest BCUT2D eigenvalue weighted by molar-refractivity contribution is -0.148. The van der Waals surface area contributed by atoms with E-state index in [9.17, 15) is 19.2 Å². The van der Waals surface area contributed by atoms with Crippen molar-refractivity contribution in [2.24, 2.45) is 0 Å². The van der Waals surface area contributed by atoms with E-state index in [-0.39, 0.29) is 25.5 Å². The number of carbonyl (C=O) groups is 4. The molecule has 1 heterocycles. The molecule has 140 valence electrons. The molecule has 26 heavy (non-hydrogen) atoms. The Morgan fingerprint density at radius 2 is 1.69 bits per heavy atom. The van der Waals surface area contributed by atoms with E-state index in [0.29, 0.717) is 17.7 Å². The molecule has 2 rings (SSSR count). The van der Waals surface area contributed by atoms with Crippen LogP contribution in [0.2, 0.25) is 0 Å². The summed E-state index contributed by atoms with van der Waals surface area (Å²) in [6, 6.07) is 6.53. The molecule has 7 nitrogen and oxygen atoms in total. The van der Waals surface area contributed by atoms with Crippen LogP contribution in [0.15, 0.2) is 24.3 Å². The van der Waals surface area contributed by atoms with Crippen molar-refractivity contribution in [1.29, 1.82) is 0 Å². The first-order valence-corrected chi connectivity index (χ1v) is 8.92. The van der Waals surface area contributed by atoms with Crippen molar-refractivity contribution in [3.63, 3.8) is 0 Å². The molecule has 0 saturated heterocycles. The van der Waals surface area contributed by atoms with E-state index in [1.54, 1.807) is 24.3 Å². The quantitative estimate of drug-likeness (QED) is 0.391. The van der Waals surface area contributed by atoms with Crippen LogP contribution < -0.4 is 5.32 Å². The maximum atomic E-state index is 12.2. The molecule has 0 fully saturated rings. The average Bonchev–Trinajstić information content (AvgIpc) is 2.89. The normalized spacial score (nSPS) is 12.9. The van der Waals surface area contributed by atoms with Crippen LogP contribution in [0.25, 0.3) is 0 Å². The number of rotatable bonds is 10. The number of nitrogens with one attached hydrogen (secondary N) is 1. The van der Waals surface area contributed by atoms with Gasteiger partial charge in [0, 0.05) is 13.1 Å². The van der Waals surface area contributed by atoms with Gasteiger partial charge in [0.1, 0.15) is 0 Å². The van der Waals surface area contributed by atoms with E-state index < -0.39 is 17.8 Å². The minimum atomic E-state index is -0.623. The molecule has 7 heteroatoms. The fourth-order valence-electron chi connectivity index (χ4n) is 2.69. The summed E-state index contributed by atoms with van der Waals surface area (Å²) in [5.41, 5.74) is 0.682. The number of ether oxygens (including phenoxy) is 1. The third kappa shape index (κ3) is 5.15. The van der Waals surface area contributed by atoms with Crippen LogP contribution in [-0.2, 0) is 14.3 Å². The van der Waals surface area contributed by atoms with Gasteiger partial charge in [0.05, 0.1) is 17.5 Å². The summed E-state index contributed by atoms with van der Waals surface area (Å²) in [7, 11) is 0. The zero-order chi connectivity index (χ0) is 18.9. The monoisotopic (exact) mass is 360 g/mol. The maximum absolute atomic E-state index is 12.2. The minimum absolute atomic E-state index is 0.0657. The Bertz CT molecular complexity index is 651. The van der Waals surface area contributed by atoms with E-state index in [1.165, 1.54) is 0 Å². The molecular formula is C19H24N2O5. The Labute approximate surface area is 152 Å². The molecule has 0 aromatic heterocycles. The number of imide groups is 1. The number of hydrogen-bond acceptors (Lipinski definition) is 5. The average molecular weight is 360 g/mol. The summed E-state index contributed by atoms with van der Waals surface area (Å²) in [5.74, 6) is -1.80. The van der Waals surface area contributed by atoms with E-state index >= 15 is 0 Å². The van der Waals surface area contributed by atoms with Crippen molar-refractivity contribution < 1.29 is 23.9 Å². The van der Waals surface area contributed by atoms with Gasteiger partial charge in [-0.1, -0.05) is 38.3 Å². The largest absolute Gasteiger partial charge is 0.456 e. The molecule has 1 aromatic rings. The van der Waals surface area contributed by atoms with Gasteiger partial charge in [0.15, 0.2) is 6.61 Å². The smallest absolute Gasteiger partial charge is 0.308 e. The molecule has 0 unspecified atom stereocenters. The number of fused-ring (bicyclic) bond motifs is 1. The standard InChI is InChI=1S/C19H24N2O5/c1-2-3-4-7-11-20-16(22)13-26-17(23)10-12-21-18(24)14-8-5-6-9-15(14)19(21)25/h5-6,8-9H,2-4,7,10-13H2,1H3,(H,20,22). The van der Waals surface area contributed by atoms with E-state index in [2.05, 4.69) is 12.2 Å². The summed E-state index contributed by atoms with van der Waals surface area (Å²) in [6.45, 7) is 2.25. The lowest BCUT2D eigenvalue weighted by atomic mass is 10.1.